The van der Waals surface area contributed by atoms with Gasteiger partial charge in [0.15, 0.2) is 14.9 Å². The minimum Gasteiger partial charge on any atom is -0.461 e. The summed E-state index contributed by atoms with van der Waals surface area (Å²) in [5.74, 6) is 2.46. The van der Waals surface area contributed by atoms with Gasteiger partial charge >= 0.3 is 6.01 Å². The summed E-state index contributed by atoms with van der Waals surface area (Å²) >= 11 is 0. The Morgan fingerprint density at radius 2 is 2.04 bits per heavy atom. The molecule has 2 aromatic heterocycles. The molecule has 0 bridgehead atoms. The van der Waals surface area contributed by atoms with Crippen LogP contribution in [0.25, 0.3) is 11.4 Å². The maximum atomic E-state index is 12.2. The predicted molar refractivity (Wildman–Crippen MR) is 91.8 cm³/mol. The van der Waals surface area contributed by atoms with E-state index in [0.29, 0.717) is 17.8 Å². The third-order valence-electron chi connectivity index (χ3n) is 3.93. The third kappa shape index (κ3) is 3.94. The van der Waals surface area contributed by atoms with Crippen LogP contribution in [0.1, 0.15) is 30.4 Å². The number of ether oxygens (including phenoxy) is 1. The van der Waals surface area contributed by atoms with E-state index in [1.165, 1.54) is 12.5 Å². The van der Waals surface area contributed by atoms with E-state index in [2.05, 4.69) is 26.1 Å². The first-order valence-corrected chi connectivity index (χ1v) is 9.87. The molecular weight excluding hydrogens is 340 g/mol. The van der Waals surface area contributed by atoms with Crippen LogP contribution in [0.2, 0.25) is 0 Å². The number of hydrogen-bond acceptors (Lipinski definition) is 7. The van der Waals surface area contributed by atoms with Crippen LogP contribution in [0.4, 0.5) is 0 Å². The quantitative estimate of drug-likeness (QED) is 0.592. The van der Waals surface area contributed by atoms with E-state index < -0.39 is 9.84 Å². The van der Waals surface area contributed by atoms with Crippen molar-refractivity contribution < 1.29 is 13.2 Å². The Labute approximate surface area is 146 Å². The van der Waals surface area contributed by atoms with Crippen LogP contribution >= 0.6 is 0 Å². The highest BCUT2D eigenvalue weighted by molar-refractivity contribution is 7.90. The number of hydrogen-bond donors (Lipinski definition) is 0. The molecule has 0 saturated heterocycles. The first kappa shape index (κ1) is 17.3. The Hall–Kier alpha value is -2.53. The monoisotopic (exact) mass is 358 g/mol. The maximum Gasteiger partial charge on any atom is 0.336 e. The van der Waals surface area contributed by atoms with Gasteiger partial charge in [0.1, 0.15) is 12.3 Å². The van der Waals surface area contributed by atoms with Crippen molar-refractivity contribution in [1.82, 2.24) is 20.2 Å². The highest BCUT2D eigenvalue weighted by atomic mass is 32.2. The van der Waals surface area contributed by atoms with Gasteiger partial charge in [-0.1, -0.05) is 5.10 Å². The van der Waals surface area contributed by atoms with Gasteiger partial charge in [0.05, 0.1) is 11.9 Å². The van der Waals surface area contributed by atoms with Gasteiger partial charge < -0.3 is 4.74 Å². The molecule has 0 spiro atoms. The molecule has 8 heteroatoms. The summed E-state index contributed by atoms with van der Waals surface area (Å²) in [7, 11) is -3.43. The zero-order valence-corrected chi connectivity index (χ0v) is 14.7. The second-order valence-electron chi connectivity index (χ2n) is 5.86. The summed E-state index contributed by atoms with van der Waals surface area (Å²) in [5.41, 5.74) is 2.71. The second kappa shape index (κ2) is 7.15. The van der Waals surface area contributed by atoms with Gasteiger partial charge in [-0.2, -0.15) is 10.1 Å². The first-order chi connectivity index (χ1) is 12.0. The smallest absolute Gasteiger partial charge is 0.336 e. The molecule has 1 aliphatic rings. The largest absolute Gasteiger partial charge is 0.461 e. The van der Waals surface area contributed by atoms with E-state index in [0.717, 1.165) is 36.8 Å². The predicted octanol–water partition coefficient (Wildman–Crippen LogP) is 1.62. The van der Waals surface area contributed by atoms with Gasteiger partial charge in [0, 0.05) is 12.7 Å². The zero-order valence-electron chi connectivity index (χ0n) is 13.9. The molecule has 0 aromatic carbocycles. The van der Waals surface area contributed by atoms with Crippen molar-refractivity contribution in [3.05, 3.63) is 23.4 Å². The molecule has 1 aliphatic carbocycles. The van der Waals surface area contributed by atoms with Crippen molar-refractivity contribution in [3.8, 4) is 29.7 Å². The molecule has 0 amide bonds. The number of rotatable bonds is 5. The second-order valence-corrected chi connectivity index (χ2v) is 7.79. The summed E-state index contributed by atoms with van der Waals surface area (Å²) < 4.78 is 29.7. The third-order valence-corrected chi connectivity index (χ3v) is 4.97. The Kier molecular flexibility index (Phi) is 4.95. The van der Waals surface area contributed by atoms with E-state index in [-0.39, 0.29) is 17.6 Å². The van der Waals surface area contributed by atoms with E-state index >= 15 is 0 Å². The molecule has 0 atom stereocenters. The molecule has 0 fully saturated rings. The minimum atomic E-state index is -3.43. The topological polar surface area (TPSA) is 94.9 Å². The van der Waals surface area contributed by atoms with Crippen LogP contribution in [-0.4, -0.2) is 41.4 Å². The van der Waals surface area contributed by atoms with Gasteiger partial charge in [-0.05, 0) is 42.9 Å². The summed E-state index contributed by atoms with van der Waals surface area (Å²) in [6.07, 6.45) is 11.8. The number of nitrogens with zero attached hydrogens (tertiary/aromatic N) is 4. The Morgan fingerprint density at radius 3 is 2.80 bits per heavy atom. The molecule has 0 radical (unpaired) electrons. The van der Waals surface area contributed by atoms with Crippen LogP contribution < -0.4 is 4.74 Å². The van der Waals surface area contributed by atoms with Crippen molar-refractivity contribution in [3.63, 3.8) is 0 Å². The molecule has 2 aromatic rings. The van der Waals surface area contributed by atoms with Crippen molar-refractivity contribution in [2.45, 2.75) is 37.1 Å². The van der Waals surface area contributed by atoms with E-state index in [9.17, 15) is 8.42 Å². The van der Waals surface area contributed by atoms with Crippen LogP contribution in [0.15, 0.2) is 17.3 Å². The summed E-state index contributed by atoms with van der Waals surface area (Å²) in [6.45, 7) is 0.286. The van der Waals surface area contributed by atoms with Crippen LogP contribution in [0, 0.1) is 12.3 Å². The fourth-order valence-electron chi connectivity index (χ4n) is 2.82. The molecule has 130 valence electrons. The lowest BCUT2D eigenvalue weighted by Gasteiger charge is -2.19. The standard InChI is InChI=1S/C17H18N4O3S/c1-3-4-9-24-17-20-15(11-18-21-17)14-10-12-7-5-6-8-13(12)16(19-14)25(2,22)23/h1,10-11H,4-9H2,2H3. The average Bonchev–Trinajstić information content (AvgIpc) is 2.60. The number of pyridine rings is 1. The van der Waals surface area contributed by atoms with E-state index in [4.69, 9.17) is 11.2 Å². The van der Waals surface area contributed by atoms with Crippen LogP contribution in [0.3, 0.4) is 0 Å². The lowest BCUT2D eigenvalue weighted by atomic mass is 9.92. The van der Waals surface area contributed by atoms with Crippen LogP contribution in [-0.2, 0) is 22.7 Å². The molecule has 7 nitrogen and oxygen atoms in total. The van der Waals surface area contributed by atoms with Gasteiger partial charge in [0.25, 0.3) is 0 Å². The lowest BCUT2D eigenvalue weighted by molar-refractivity contribution is 0.297. The number of aryl methyl sites for hydroxylation is 1. The highest BCUT2D eigenvalue weighted by Crippen LogP contribution is 2.30. The minimum absolute atomic E-state index is 0.0909. The summed E-state index contributed by atoms with van der Waals surface area (Å²) in [4.78, 5) is 8.62. The number of sulfone groups is 1. The number of terminal acetylenes is 1. The number of aromatic nitrogens is 4. The average molecular weight is 358 g/mol. The molecular formula is C17H18N4O3S. The fourth-order valence-corrected chi connectivity index (χ4v) is 3.76. The molecule has 3 rings (SSSR count). The fraction of sp³-hybridized carbons (Fsp3) is 0.412. The van der Waals surface area contributed by atoms with E-state index in [1.807, 2.05) is 6.07 Å². The van der Waals surface area contributed by atoms with Gasteiger partial charge in [-0.3, -0.25) is 0 Å². The van der Waals surface area contributed by atoms with Gasteiger partial charge in [0.2, 0.25) is 0 Å². The Morgan fingerprint density at radius 1 is 1.24 bits per heavy atom. The molecule has 0 saturated carbocycles. The Bertz CT molecular complexity index is 935. The molecule has 0 N–H and O–H groups in total. The van der Waals surface area contributed by atoms with Gasteiger partial charge in [-0.25, -0.2) is 13.4 Å². The highest BCUT2D eigenvalue weighted by Gasteiger charge is 2.23. The summed E-state index contributed by atoms with van der Waals surface area (Å²) in [5, 5.41) is 7.79. The van der Waals surface area contributed by atoms with Gasteiger partial charge in [-0.15, -0.1) is 12.3 Å². The Balaban J connectivity index is 2.03. The van der Waals surface area contributed by atoms with Crippen molar-refractivity contribution in [2.75, 3.05) is 12.9 Å². The zero-order chi connectivity index (χ0) is 17.9. The lowest BCUT2D eigenvalue weighted by Crippen LogP contribution is -2.13. The summed E-state index contributed by atoms with van der Waals surface area (Å²) in [6, 6.07) is 1.98. The van der Waals surface area contributed by atoms with Crippen molar-refractivity contribution in [1.29, 1.82) is 0 Å². The van der Waals surface area contributed by atoms with Crippen molar-refractivity contribution >= 4 is 9.84 Å². The molecule has 0 aliphatic heterocycles. The molecule has 0 unspecified atom stereocenters. The van der Waals surface area contributed by atoms with E-state index in [1.54, 1.807) is 0 Å². The number of fused-ring (bicyclic) bond motifs is 1. The maximum absolute atomic E-state index is 12.2. The molecule has 25 heavy (non-hydrogen) atoms. The normalized spacial score (nSPS) is 13.8. The SMILES string of the molecule is C#CCCOc1nncc(-c2cc3c(c(S(C)(=O)=O)n2)CCCC3)n1. The molecule has 2 heterocycles. The first-order valence-electron chi connectivity index (χ1n) is 7.98. The van der Waals surface area contributed by atoms with Crippen molar-refractivity contribution in [2.24, 2.45) is 0 Å². The van der Waals surface area contributed by atoms with Crippen LogP contribution in [0.5, 0.6) is 6.01 Å².